The number of esters is 2. The summed E-state index contributed by atoms with van der Waals surface area (Å²) in [5, 5.41) is 11.7. The Hall–Kier alpha value is -3.49. The molecule has 8 heteroatoms. The van der Waals surface area contributed by atoms with Crippen molar-refractivity contribution in [3.05, 3.63) is 85.1 Å². The van der Waals surface area contributed by atoms with Crippen LogP contribution in [0.25, 0.3) is 0 Å². The van der Waals surface area contributed by atoms with Crippen LogP contribution in [0.3, 0.4) is 0 Å². The van der Waals surface area contributed by atoms with Crippen LogP contribution in [0.1, 0.15) is 213 Å². The lowest BCUT2D eigenvalue weighted by atomic mass is 10.0. The van der Waals surface area contributed by atoms with Gasteiger partial charge in [0.25, 0.3) is 0 Å². The third kappa shape index (κ3) is 45.7. The largest absolute Gasteiger partial charge is 0.544 e. The number of hydrogen-bond donors (Lipinski definition) is 0. The predicted octanol–water partition coefficient (Wildman–Crippen LogP) is 14.3. The summed E-state index contributed by atoms with van der Waals surface area (Å²) >= 11 is 0. The highest BCUT2D eigenvalue weighted by Crippen LogP contribution is 2.15. The van der Waals surface area contributed by atoms with Crippen molar-refractivity contribution < 1.29 is 38.2 Å². The quantitative estimate of drug-likeness (QED) is 0.0259. The van der Waals surface area contributed by atoms with Gasteiger partial charge in [-0.1, -0.05) is 189 Å². The minimum Gasteiger partial charge on any atom is -0.544 e. The minimum absolute atomic E-state index is 0.0296. The fraction of sp³-hybridized carbons (Fsp3) is 0.707. The third-order valence-corrected chi connectivity index (χ3v) is 11.5. The SMILES string of the molecule is CC/C=C/C/C=C/C/C=C/CCCCCCCCCCCCCC(=O)OC(COCCC(C(=O)[O-])[N+](C)(C)C)COC(=O)CCCCCCC/C=C/C/C=C/C/C=C/C/C=C/CCCCC. The summed E-state index contributed by atoms with van der Waals surface area (Å²) in [5.41, 5.74) is 0. The Morgan fingerprint density at radius 3 is 1.26 bits per heavy atom. The first-order valence-electron chi connectivity index (χ1n) is 26.6. The first-order chi connectivity index (χ1) is 32.1. The second kappa shape index (κ2) is 48.0. The van der Waals surface area contributed by atoms with Gasteiger partial charge in [0.05, 0.1) is 40.3 Å². The number of aliphatic carboxylic acids is 1. The summed E-state index contributed by atoms with van der Waals surface area (Å²) in [6.07, 6.45) is 63.2. The van der Waals surface area contributed by atoms with Crippen molar-refractivity contribution in [3.8, 4) is 0 Å². The van der Waals surface area contributed by atoms with E-state index in [-0.39, 0.29) is 42.7 Å². The number of ether oxygens (including phenoxy) is 3. The second-order valence-corrected chi connectivity index (χ2v) is 18.7. The monoisotopic (exact) mass is 922 g/mol. The zero-order chi connectivity index (χ0) is 48.4. The molecule has 66 heavy (non-hydrogen) atoms. The number of rotatable bonds is 47. The molecular weight excluding hydrogens is 823 g/mol. The van der Waals surface area contributed by atoms with Gasteiger partial charge in [-0.25, -0.2) is 0 Å². The molecule has 0 N–H and O–H groups in total. The van der Waals surface area contributed by atoms with E-state index in [1.165, 1.54) is 83.5 Å². The van der Waals surface area contributed by atoms with Crippen LogP contribution in [0.2, 0.25) is 0 Å². The molecule has 8 nitrogen and oxygen atoms in total. The number of carboxylic acid groups (broad SMARTS) is 1. The molecule has 0 saturated carbocycles. The van der Waals surface area contributed by atoms with Gasteiger partial charge in [0, 0.05) is 19.3 Å². The maximum Gasteiger partial charge on any atom is 0.306 e. The molecule has 0 heterocycles. The molecule has 0 saturated heterocycles. The molecule has 2 atom stereocenters. The van der Waals surface area contributed by atoms with Gasteiger partial charge in [-0.15, -0.1) is 0 Å². The predicted molar refractivity (Wildman–Crippen MR) is 277 cm³/mol. The summed E-state index contributed by atoms with van der Waals surface area (Å²) in [6.45, 7) is 4.51. The zero-order valence-electron chi connectivity index (χ0n) is 43.1. The molecule has 0 spiro atoms. The number of carbonyl (C=O) groups is 3. The third-order valence-electron chi connectivity index (χ3n) is 11.5. The lowest BCUT2D eigenvalue weighted by molar-refractivity contribution is -0.889. The number of unbranched alkanes of at least 4 members (excludes halogenated alkanes) is 19. The highest BCUT2D eigenvalue weighted by Gasteiger charge is 2.25. The lowest BCUT2D eigenvalue weighted by Gasteiger charge is -2.34. The molecule has 0 aliphatic rings. The van der Waals surface area contributed by atoms with E-state index in [1.54, 1.807) is 21.1 Å². The van der Waals surface area contributed by atoms with Gasteiger partial charge >= 0.3 is 11.9 Å². The molecule has 0 fully saturated rings. The Kier molecular flexibility index (Phi) is 45.4. The van der Waals surface area contributed by atoms with Crippen molar-refractivity contribution in [3.63, 3.8) is 0 Å². The second-order valence-electron chi connectivity index (χ2n) is 18.7. The molecule has 0 aliphatic heterocycles. The van der Waals surface area contributed by atoms with Crippen molar-refractivity contribution in [2.75, 3.05) is 41.0 Å². The van der Waals surface area contributed by atoms with E-state index in [1.807, 2.05) is 0 Å². The van der Waals surface area contributed by atoms with E-state index in [9.17, 15) is 19.5 Å². The van der Waals surface area contributed by atoms with Gasteiger partial charge in [-0.3, -0.25) is 9.59 Å². The fourth-order valence-electron chi connectivity index (χ4n) is 7.42. The highest BCUT2D eigenvalue weighted by atomic mass is 16.6. The molecule has 2 unspecified atom stereocenters. The summed E-state index contributed by atoms with van der Waals surface area (Å²) in [5.74, 6) is -1.76. The van der Waals surface area contributed by atoms with Crippen molar-refractivity contribution in [1.29, 1.82) is 0 Å². The average molecular weight is 922 g/mol. The van der Waals surface area contributed by atoms with Crippen LogP contribution < -0.4 is 5.11 Å². The molecule has 0 bridgehead atoms. The van der Waals surface area contributed by atoms with Crippen molar-refractivity contribution in [2.45, 2.75) is 225 Å². The zero-order valence-corrected chi connectivity index (χ0v) is 43.1. The van der Waals surface area contributed by atoms with Gasteiger partial charge in [-0.2, -0.15) is 0 Å². The van der Waals surface area contributed by atoms with Crippen molar-refractivity contribution in [2.24, 2.45) is 0 Å². The molecule has 0 aliphatic carbocycles. The Morgan fingerprint density at radius 1 is 0.470 bits per heavy atom. The van der Waals surface area contributed by atoms with Crippen LogP contribution in [0.4, 0.5) is 0 Å². The average Bonchev–Trinajstić information content (AvgIpc) is 3.28. The maximum atomic E-state index is 12.8. The van der Waals surface area contributed by atoms with Gasteiger partial charge in [0.15, 0.2) is 6.10 Å². The maximum absolute atomic E-state index is 12.8. The van der Waals surface area contributed by atoms with Crippen LogP contribution in [-0.4, -0.2) is 75.5 Å². The Labute approximate surface area is 405 Å². The van der Waals surface area contributed by atoms with Crippen LogP contribution in [-0.2, 0) is 28.6 Å². The molecule has 0 amide bonds. The Morgan fingerprint density at radius 2 is 0.848 bits per heavy atom. The highest BCUT2D eigenvalue weighted by molar-refractivity contribution is 5.70. The molecular formula is C58H99NO7. The smallest absolute Gasteiger partial charge is 0.306 e. The van der Waals surface area contributed by atoms with E-state index < -0.39 is 18.1 Å². The minimum atomic E-state index is -1.13. The number of quaternary nitrogens is 1. The molecule has 0 radical (unpaired) electrons. The van der Waals surface area contributed by atoms with E-state index >= 15 is 0 Å². The van der Waals surface area contributed by atoms with E-state index in [4.69, 9.17) is 14.2 Å². The number of carbonyl (C=O) groups excluding carboxylic acids is 3. The molecule has 0 aromatic heterocycles. The van der Waals surface area contributed by atoms with Crippen LogP contribution in [0.5, 0.6) is 0 Å². The summed E-state index contributed by atoms with van der Waals surface area (Å²) < 4.78 is 17.2. The number of carboxylic acids is 1. The summed E-state index contributed by atoms with van der Waals surface area (Å²) in [4.78, 5) is 37.1. The summed E-state index contributed by atoms with van der Waals surface area (Å²) in [7, 11) is 5.41. The number of allylic oxidation sites excluding steroid dienone is 14. The molecule has 378 valence electrons. The van der Waals surface area contributed by atoms with E-state index in [2.05, 4.69) is 98.9 Å². The van der Waals surface area contributed by atoms with E-state index in [0.717, 1.165) is 96.3 Å². The van der Waals surface area contributed by atoms with Gasteiger partial charge < -0.3 is 28.6 Å². The van der Waals surface area contributed by atoms with Gasteiger partial charge in [0.1, 0.15) is 12.6 Å². The normalized spacial score (nSPS) is 13.5. The first kappa shape index (κ1) is 62.5. The summed E-state index contributed by atoms with van der Waals surface area (Å²) in [6, 6.07) is -0.734. The Bertz CT molecular complexity index is 1350. The van der Waals surface area contributed by atoms with Crippen molar-refractivity contribution in [1.82, 2.24) is 0 Å². The standard InChI is InChI=1S/C58H99NO7/c1-6-8-10-12-14-16-18-20-22-24-26-28-30-32-34-36-38-40-42-44-46-48-56(60)65-53-54(52-64-51-50-55(58(62)63)59(3,4)5)66-57(61)49-47-45-43-41-39-37-35-33-31-29-27-25-23-21-19-17-15-13-11-9-7-2/h9,11,14-17,20-23,26,28,32,34,54-55H,6-8,10,12-13,18-19,24-25,27,29-31,33,35-53H2,1-5H3/b11-9+,16-14+,17-15+,22-20+,23-21+,28-26+,34-32+. The molecule has 0 aromatic rings. The fourth-order valence-corrected chi connectivity index (χ4v) is 7.42. The van der Waals surface area contributed by atoms with Crippen LogP contribution in [0, 0.1) is 0 Å². The van der Waals surface area contributed by atoms with Crippen LogP contribution in [0.15, 0.2) is 85.1 Å². The van der Waals surface area contributed by atoms with Crippen molar-refractivity contribution >= 4 is 17.9 Å². The number of hydrogen-bond acceptors (Lipinski definition) is 7. The Balaban J connectivity index is 4.28. The number of nitrogens with zero attached hydrogens (tertiary/aromatic N) is 1. The van der Waals surface area contributed by atoms with Gasteiger partial charge in [-0.05, 0) is 89.9 Å². The first-order valence-corrected chi connectivity index (χ1v) is 26.6. The molecule has 0 rings (SSSR count). The van der Waals surface area contributed by atoms with Gasteiger partial charge in [0.2, 0.25) is 0 Å². The van der Waals surface area contributed by atoms with Crippen LogP contribution >= 0.6 is 0 Å². The van der Waals surface area contributed by atoms with E-state index in [0.29, 0.717) is 12.8 Å². The topological polar surface area (TPSA) is 102 Å². The lowest BCUT2D eigenvalue weighted by Crippen LogP contribution is -2.55. The number of likely N-dealkylation sites (N-methyl/N-ethyl adjacent to an activating group) is 1. The molecule has 0 aromatic carbocycles.